The van der Waals surface area contributed by atoms with E-state index in [0.717, 1.165) is 21.7 Å². The molecule has 4 rings (SSSR count). The van der Waals surface area contributed by atoms with Crippen LogP contribution < -0.4 is 10.2 Å². The monoisotopic (exact) mass is 592 g/mol. The lowest BCUT2D eigenvalue weighted by molar-refractivity contribution is -0.140. The molecule has 11 heteroatoms. The highest BCUT2D eigenvalue weighted by Gasteiger charge is 2.46. The number of halogens is 2. The zero-order chi connectivity index (χ0) is 26.8. The number of benzene rings is 1. The van der Waals surface area contributed by atoms with Crippen molar-refractivity contribution < 1.29 is 14.3 Å². The van der Waals surface area contributed by atoms with E-state index < -0.39 is 11.0 Å². The van der Waals surface area contributed by atoms with Crippen LogP contribution >= 0.6 is 27.5 Å². The largest absolute Gasteiger partial charge is 0.444 e. The van der Waals surface area contributed by atoms with E-state index in [-0.39, 0.29) is 12.0 Å². The fraction of sp³-hybridized carbons (Fsp3) is 0.538. The van der Waals surface area contributed by atoms with Crippen LogP contribution in [0, 0.1) is 0 Å². The number of rotatable bonds is 4. The van der Waals surface area contributed by atoms with Crippen LogP contribution in [0.1, 0.15) is 39.2 Å². The summed E-state index contributed by atoms with van der Waals surface area (Å²) in [5.41, 5.74) is -0.352. The van der Waals surface area contributed by atoms with Crippen LogP contribution in [0.3, 0.4) is 0 Å². The summed E-state index contributed by atoms with van der Waals surface area (Å²) >= 11 is 9.77. The first kappa shape index (κ1) is 27.4. The van der Waals surface area contributed by atoms with Crippen molar-refractivity contribution in [3.05, 3.63) is 45.7 Å². The summed E-state index contributed by atoms with van der Waals surface area (Å²) in [6.07, 6.45) is 2.25. The van der Waals surface area contributed by atoms with Gasteiger partial charge >= 0.3 is 6.09 Å². The van der Waals surface area contributed by atoms with Gasteiger partial charge in [-0.2, -0.15) is 0 Å². The highest BCUT2D eigenvalue weighted by Crippen LogP contribution is 2.39. The van der Waals surface area contributed by atoms with Crippen LogP contribution in [0.5, 0.6) is 0 Å². The number of nitrogens with zero attached hydrogens (tertiary/aromatic N) is 5. The van der Waals surface area contributed by atoms with Crippen molar-refractivity contribution in [2.75, 3.05) is 56.5 Å². The van der Waals surface area contributed by atoms with Gasteiger partial charge in [0.1, 0.15) is 28.0 Å². The number of nitrogens with one attached hydrogen (secondary N) is 1. The number of piperidine rings is 1. The standard InChI is InChI=1S/C26H34BrClN6O3/c1-25(2,3)37-24(36)34-11-9-26(10-12-34,18-5-7-19(28)8-6-18)23(35)33-15-13-32(14-16-33)22-20(27)21(29-4)30-17-31-22/h5-8,17H,9-16H2,1-4H3,(H,29,30,31). The number of likely N-dealkylation sites (tertiary alicyclic amines) is 1. The highest BCUT2D eigenvalue weighted by molar-refractivity contribution is 9.10. The van der Waals surface area contributed by atoms with Gasteiger partial charge in [-0.25, -0.2) is 14.8 Å². The summed E-state index contributed by atoms with van der Waals surface area (Å²) in [6.45, 7) is 8.94. The van der Waals surface area contributed by atoms with Gasteiger partial charge in [-0.15, -0.1) is 0 Å². The van der Waals surface area contributed by atoms with Gasteiger partial charge < -0.3 is 24.8 Å². The number of amides is 2. The molecule has 200 valence electrons. The summed E-state index contributed by atoms with van der Waals surface area (Å²) < 4.78 is 6.38. The van der Waals surface area contributed by atoms with Gasteiger partial charge in [-0.1, -0.05) is 23.7 Å². The number of hydrogen-bond donors (Lipinski definition) is 1. The molecule has 9 nitrogen and oxygen atoms in total. The quantitative estimate of drug-likeness (QED) is 0.556. The Bertz CT molecular complexity index is 1120. The van der Waals surface area contributed by atoms with E-state index in [4.69, 9.17) is 16.3 Å². The zero-order valence-electron chi connectivity index (χ0n) is 21.8. The number of aromatic nitrogens is 2. The first-order valence-electron chi connectivity index (χ1n) is 12.5. The van der Waals surface area contributed by atoms with E-state index in [0.29, 0.717) is 57.1 Å². The van der Waals surface area contributed by atoms with Gasteiger partial charge in [-0.05, 0) is 67.2 Å². The number of anilines is 2. The van der Waals surface area contributed by atoms with Gasteiger partial charge in [0, 0.05) is 51.3 Å². The minimum atomic E-state index is -0.722. The molecule has 3 heterocycles. The van der Waals surface area contributed by atoms with Crippen LogP contribution in [0.25, 0.3) is 0 Å². The predicted molar refractivity (Wildman–Crippen MR) is 148 cm³/mol. The second-order valence-corrected chi connectivity index (χ2v) is 11.7. The molecule has 1 aromatic heterocycles. The van der Waals surface area contributed by atoms with E-state index in [2.05, 4.69) is 36.1 Å². The third-order valence-electron chi connectivity index (χ3n) is 6.95. The van der Waals surface area contributed by atoms with Crippen molar-refractivity contribution in [3.8, 4) is 0 Å². The van der Waals surface area contributed by atoms with Gasteiger partial charge in [0.2, 0.25) is 5.91 Å². The Morgan fingerprint density at radius 3 is 2.19 bits per heavy atom. The molecule has 2 amide bonds. The second-order valence-electron chi connectivity index (χ2n) is 10.4. The predicted octanol–water partition coefficient (Wildman–Crippen LogP) is 4.55. The summed E-state index contributed by atoms with van der Waals surface area (Å²) in [4.78, 5) is 41.4. The number of hydrogen-bond acceptors (Lipinski definition) is 7. The zero-order valence-corrected chi connectivity index (χ0v) is 24.1. The van der Waals surface area contributed by atoms with Crippen LogP contribution in [0.15, 0.2) is 35.1 Å². The maximum atomic E-state index is 14.2. The molecule has 2 saturated heterocycles. The Balaban J connectivity index is 1.51. The molecule has 0 spiro atoms. The van der Waals surface area contributed by atoms with E-state index in [9.17, 15) is 9.59 Å². The minimum absolute atomic E-state index is 0.0935. The maximum absolute atomic E-state index is 14.2. The lowest BCUT2D eigenvalue weighted by atomic mass is 9.71. The summed E-state index contributed by atoms with van der Waals surface area (Å²) in [5, 5.41) is 3.69. The van der Waals surface area contributed by atoms with Crippen molar-refractivity contribution in [2.24, 2.45) is 0 Å². The van der Waals surface area contributed by atoms with Crippen molar-refractivity contribution in [1.29, 1.82) is 0 Å². The first-order chi connectivity index (χ1) is 17.5. The summed E-state index contributed by atoms with van der Waals surface area (Å²) in [6, 6.07) is 7.54. The first-order valence-corrected chi connectivity index (χ1v) is 13.7. The third-order valence-corrected chi connectivity index (χ3v) is 7.93. The normalized spacial score (nSPS) is 17.9. The fourth-order valence-corrected chi connectivity index (χ4v) is 5.75. The molecule has 0 atom stereocenters. The summed E-state index contributed by atoms with van der Waals surface area (Å²) in [5.74, 6) is 1.63. The number of piperazine rings is 1. The van der Waals surface area contributed by atoms with Crippen molar-refractivity contribution >= 4 is 51.2 Å². The minimum Gasteiger partial charge on any atom is -0.444 e. The number of carbonyl (C=O) groups is 2. The lowest BCUT2D eigenvalue weighted by Crippen LogP contribution is -2.58. The Hall–Kier alpha value is -2.59. The number of ether oxygens (including phenoxy) is 1. The molecule has 2 aromatic rings. The van der Waals surface area contributed by atoms with Gasteiger partial charge in [0.25, 0.3) is 0 Å². The molecule has 1 N–H and O–H groups in total. The molecule has 0 saturated carbocycles. The fourth-order valence-electron chi connectivity index (χ4n) is 4.97. The molecule has 2 aliphatic rings. The molecule has 0 aliphatic carbocycles. The Morgan fingerprint density at radius 1 is 1.00 bits per heavy atom. The SMILES string of the molecule is CNc1ncnc(N2CCN(C(=O)C3(c4ccc(Cl)cc4)CCN(C(=O)OC(C)(C)C)CC3)CC2)c1Br. The van der Waals surface area contributed by atoms with E-state index in [1.54, 1.807) is 4.90 Å². The molecule has 2 fully saturated rings. The average molecular weight is 594 g/mol. The van der Waals surface area contributed by atoms with Crippen LogP contribution in [0.4, 0.5) is 16.4 Å². The van der Waals surface area contributed by atoms with Gasteiger partial charge in [0.15, 0.2) is 0 Å². The van der Waals surface area contributed by atoms with Crippen LogP contribution in [-0.4, -0.2) is 83.7 Å². The molecule has 0 radical (unpaired) electrons. The van der Waals surface area contributed by atoms with Crippen LogP contribution in [-0.2, 0) is 14.9 Å². The molecule has 0 bridgehead atoms. The van der Waals surface area contributed by atoms with Gasteiger partial charge in [0.05, 0.1) is 5.41 Å². The van der Waals surface area contributed by atoms with Crippen LogP contribution in [0.2, 0.25) is 5.02 Å². The van der Waals surface area contributed by atoms with Crippen molar-refractivity contribution in [2.45, 2.75) is 44.6 Å². The smallest absolute Gasteiger partial charge is 0.410 e. The van der Waals surface area contributed by atoms with Crippen molar-refractivity contribution in [3.63, 3.8) is 0 Å². The molecular weight excluding hydrogens is 560 g/mol. The van der Waals surface area contributed by atoms with E-state index in [1.165, 1.54) is 6.33 Å². The average Bonchev–Trinajstić information content (AvgIpc) is 2.88. The summed E-state index contributed by atoms with van der Waals surface area (Å²) in [7, 11) is 1.82. The molecular formula is C26H34BrClN6O3. The highest BCUT2D eigenvalue weighted by atomic mass is 79.9. The maximum Gasteiger partial charge on any atom is 0.410 e. The van der Waals surface area contributed by atoms with E-state index >= 15 is 0 Å². The van der Waals surface area contributed by atoms with E-state index in [1.807, 2.05) is 57.0 Å². The Kier molecular flexibility index (Phi) is 8.18. The second kappa shape index (κ2) is 11.0. The number of carbonyl (C=O) groups excluding carboxylic acids is 2. The molecule has 2 aliphatic heterocycles. The Labute approximate surface area is 231 Å². The molecule has 0 unspecified atom stereocenters. The lowest BCUT2D eigenvalue weighted by Gasteiger charge is -2.45. The molecule has 1 aromatic carbocycles. The topological polar surface area (TPSA) is 90.9 Å². The van der Waals surface area contributed by atoms with Gasteiger partial charge in [-0.3, -0.25) is 4.79 Å². The third kappa shape index (κ3) is 5.95. The van der Waals surface area contributed by atoms with Crippen molar-refractivity contribution in [1.82, 2.24) is 19.8 Å². The molecule has 37 heavy (non-hydrogen) atoms. The Morgan fingerprint density at radius 2 is 1.62 bits per heavy atom.